The Kier molecular flexibility index (Phi) is 5.80. The van der Waals surface area contributed by atoms with Crippen molar-refractivity contribution in [3.8, 4) is 11.3 Å². The molecule has 1 aliphatic rings. The minimum Gasteiger partial charge on any atom is -0.354 e. The third-order valence-electron chi connectivity index (χ3n) is 6.12. The lowest BCUT2D eigenvalue weighted by Crippen LogP contribution is -2.43. The van der Waals surface area contributed by atoms with E-state index in [0.717, 1.165) is 57.7 Å². The standard InChI is InChI=1S/C24H25FN6OS/c1-15-5-10-22(29-28-15)30-11-3-4-18(13-30)23(32)26-12-21-16(2)31-14-20(27-24(31)33-21)17-6-8-19(25)9-7-17/h5-10,14,18H,3-4,11-13H2,1-2H3,(H,26,32). The van der Waals surface area contributed by atoms with E-state index >= 15 is 0 Å². The summed E-state index contributed by atoms with van der Waals surface area (Å²) in [4.78, 5) is 21.7. The summed E-state index contributed by atoms with van der Waals surface area (Å²) in [6.07, 6.45) is 3.78. The highest BCUT2D eigenvalue weighted by Crippen LogP contribution is 2.28. The number of nitrogens with zero attached hydrogens (tertiary/aromatic N) is 5. The van der Waals surface area contributed by atoms with Crippen molar-refractivity contribution in [3.05, 3.63) is 64.7 Å². The number of nitrogens with one attached hydrogen (secondary N) is 1. The van der Waals surface area contributed by atoms with Crippen molar-refractivity contribution in [2.45, 2.75) is 33.2 Å². The second-order valence-corrected chi connectivity index (χ2v) is 9.49. The fraction of sp³-hybridized carbons (Fsp3) is 0.333. The quantitative estimate of drug-likeness (QED) is 0.480. The van der Waals surface area contributed by atoms with Crippen LogP contribution in [-0.4, -0.2) is 38.6 Å². The molecule has 1 aromatic carbocycles. The second kappa shape index (κ2) is 8.90. The van der Waals surface area contributed by atoms with Crippen LogP contribution in [0.15, 0.2) is 42.6 Å². The molecule has 0 spiro atoms. The molecule has 1 amide bonds. The van der Waals surface area contributed by atoms with Crippen molar-refractivity contribution in [1.29, 1.82) is 0 Å². The van der Waals surface area contributed by atoms with Gasteiger partial charge in [-0.05, 0) is 63.1 Å². The summed E-state index contributed by atoms with van der Waals surface area (Å²) in [6, 6.07) is 10.3. The van der Waals surface area contributed by atoms with Crippen LogP contribution in [0.1, 0.15) is 29.1 Å². The number of halogens is 1. The number of hydrogen-bond donors (Lipinski definition) is 1. The van der Waals surface area contributed by atoms with Gasteiger partial charge < -0.3 is 10.2 Å². The highest BCUT2D eigenvalue weighted by molar-refractivity contribution is 7.17. The molecule has 33 heavy (non-hydrogen) atoms. The van der Waals surface area contributed by atoms with Gasteiger partial charge in [0.2, 0.25) is 5.91 Å². The fourth-order valence-electron chi connectivity index (χ4n) is 4.19. The fourth-order valence-corrected chi connectivity index (χ4v) is 5.23. The average Bonchev–Trinajstić information content (AvgIpc) is 3.37. The van der Waals surface area contributed by atoms with E-state index in [1.807, 2.05) is 36.6 Å². The zero-order valence-electron chi connectivity index (χ0n) is 18.6. The molecule has 9 heteroatoms. The van der Waals surface area contributed by atoms with Gasteiger partial charge in [0.05, 0.1) is 23.9 Å². The first-order valence-corrected chi connectivity index (χ1v) is 11.9. The topological polar surface area (TPSA) is 75.4 Å². The van der Waals surface area contributed by atoms with Crippen molar-refractivity contribution >= 4 is 28.0 Å². The Bertz CT molecular complexity index is 1280. The van der Waals surface area contributed by atoms with E-state index in [4.69, 9.17) is 0 Å². The maximum absolute atomic E-state index is 13.2. The Balaban J connectivity index is 1.24. The molecule has 1 fully saturated rings. The molecule has 0 saturated carbocycles. The van der Waals surface area contributed by atoms with Crippen LogP contribution in [0.5, 0.6) is 0 Å². The first kappa shape index (κ1) is 21.5. The number of imidazole rings is 1. The number of fused-ring (bicyclic) bond motifs is 1. The van der Waals surface area contributed by atoms with Crippen LogP contribution in [0.3, 0.4) is 0 Å². The lowest BCUT2D eigenvalue weighted by Gasteiger charge is -2.32. The van der Waals surface area contributed by atoms with Crippen LogP contribution in [0, 0.1) is 25.6 Å². The molecule has 1 saturated heterocycles. The van der Waals surface area contributed by atoms with Crippen LogP contribution >= 0.6 is 11.3 Å². The predicted molar refractivity (Wildman–Crippen MR) is 127 cm³/mol. The van der Waals surface area contributed by atoms with Crippen molar-refractivity contribution in [2.75, 3.05) is 18.0 Å². The molecule has 1 aliphatic heterocycles. The van der Waals surface area contributed by atoms with Gasteiger partial charge >= 0.3 is 0 Å². The van der Waals surface area contributed by atoms with Gasteiger partial charge in [0.25, 0.3) is 0 Å². The summed E-state index contributed by atoms with van der Waals surface area (Å²) in [7, 11) is 0. The Morgan fingerprint density at radius 3 is 2.73 bits per heavy atom. The van der Waals surface area contributed by atoms with Crippen LogP contribution in [0.25, 0.3) is 16.2 Å². The predicted octanol–water partition coefficient (Wildman–Crippen LogP) is 4.14. The van der Waals surface area contributed by atoms with E-state index in [2.05, 4.69) is 25.4 Å². The summed E-state index contributed by atoms with van der Waals surface area (Å²) in [6.45, 7) is 5.96. The van der Waals surface area contributed by atoms with Crippen LogP contribution in [0.2, 0.25) is 0 Å². The first-order valence-electron chi connectivity index (χ1n) is 11.0. The SMILES string of the molecule is Cc1ccc(N2CCCC(C(=O)NCc3sc4nc(-c5ccc(F)cc5)cn4c3C)C2)nn1. The van der Waals surface area contributed by atoms with Gasteiger partial charge in [-0.1, -0.05) is 11.3 Å². The van der Waals surface area contributed by atoms with Crippen molar-refractivity contribution in [3.63, 3.8) is 0 Å². The van der Waals surface area contributed by atoms with E-state index < -0.39 is 0 Å². The molecule has 7 nitrogen and oxygen atoms in total. The molecular weight excluding hydrogens is 439 g/mol. The van der Waals surface area contributed by atoms with Crippen LogP contribution in [0.4, 0.5) is 10.2 Å². The molecule has 170 valence electrons. The molecule has 0 aliphatic carbocycles. The number of thiazole rings is 1. The summed E-state index contributed by atoms with van der Waals surface area (Å²) >= 11 is 1.56. The Hall–Kier alpha value is -3.33. The van der Waals surface area contributed by atoms with Gasteiger partial charge in [0.1, 0.15) is 5.82 Å². The number of rotatable bonds is 5. The summed E-state index contributed by atoms with van der Waals surface area (Å²) in [5.41, 5.74) is 3.62. The van der Waals surface area contributed by atoms with Crippen molar-refractivity contribution < 1.29 is 9.18 Å². The Labute approximate surface area is 195 Å². The third-order valence-corrected chi connectivity index (χ3v) is 7.27. The first-order chi connectivity index (χ1) is 16.0. The minimum absolute atomic E-state index is 0.0669. The van der Waals surface area contributed by atoms with Crippen molar-refractivity contribution in [2.24, 2.45) is 5.92 Å². The number of anilines is 1. The molecule has 1 unspecified atom stereocenters. The van der Waals surface area contributed by atoms with E-state index in [-0.39, 0.29) is 17.6 Å². The van der Waals surface area contributed by atoms with Gasteiger partial charge in [-0.3, -0.25) is 9.20 Å². The van der Waals surface area contributed by atoms with Crippen molar-refractivity contribution in [1.82, 2.24) is 24.9 Å². The molecular formula is C24H25FN6OS. The number of hydrogen-bond acceptors (Lipinski definition) is 6. The molecule has 4 heterocycles. The minimum atomic E-state index is -0.262. The van der Waals surface area contributed by atoms with Gasteiger partial charge in [0.15, 0.2) is 10.8 Å². The zero-order valence-corrected chi connectivity index (χ0v) is 19.4. The van der Waals surface area contributed by atoms with E-state index in [0.29, 0.717) is 13.1 Å². The normalized spacial score (nSPS) is 16.3. The van der Waals surface area contributed by atoms with E-state index in [1.54, 1.807) is 23.5 Å². The molecule has 0 radical (unpaired) electrons. The molecule has 1 atom stereocenters. The molecule has 3 aromatic heterocycles. The summed E-state index contributed by atoms with van der Waals surface area (Å²) in [5, 5.41) is 11.5. The maximum Gasteiger partial charge on any atom is 0.225 e. The lowest BCUT2D eigenvalue weighted by molar-refractivity contribution is -0.125. The largest absolute Gasteiger partial charge is 0.354 e. The lowest BCUT2D eigenvalue weighted by atomic mass is 9.97. The van der Waals surface area contributed by atoms with Crippen LogP contribution in [-0.2, 0) is 11.3 Å². The van der Waals surface area contributed by atoms with Gasteiger partial charge in [-0.2, -0.15) is 5.10 Å². The number of amides is 1. The molecule has 0 bridgehead atoms. The zero-order chi connectivity index (χ0) is 22.9. The maximum atomic E-state index is 13.2. The van der Waals surface area contributed by atoms with Gasteiger partial charge in [-0.25, -0.2) is 9.37 Å². The molecule has 4 aromatic rings. The Morgan fingerprint density at radius 2 is 2.00 bits per heavy atom. The summed E-state index contributed by atoms with van der Waals surface area (Å²) in [5.74, 6) is 0.556. The number of aromatic nitrogens is 4. The van der Waals surface area contributed by atoms with Crippen LogP contribution < -0.4 is 10.2 Å². The highest BCUT2D eigenvalue weighted by Gasteiger charge is 2.27. The number of piperidine rings is 1. The number of carbonyl (C=O) groups excluding carboxylic acids is 1. The van der Waals surface area contributed by atoms with E-state index in [1.165, 1.54) is 12.1 Å². The average molecular weight is 465 g/mol. The number of aryl methyl sites for hydroxylation is 2. The summed E-state index contributed by atoms with van der Waals surface area (Å²) < 4.78 is 15.2. The monoisotopic (exact) mass is 464 g/mol. The van der Waals surface area contributed by atoms with Gasteiger partial charge in [-0.15, -0.1) is 5.10 Å². The molecule has 5 rings (SSSR count). The number of carbonyl (C=O) groups is 1. The third kappa shape index (κ3) is 4.45. The second-order valence-electron chi connectivity index (χ2n) is 8.43. The van der Waals surface area contributed by atoms with Gasteiger partial charge in [0, 0.05) is 35.4 Å². The van der Waals surface area contributed by atoms with E-state index in [9.17, 15) is 9.18 Å². The smallest absolute Gasteiger partial charge is 0.225 e. The highest BCUT2D eigenvalue weighted by atomic mass is 32.1. The molecule has 1 N–H and O–H groups in total. The Morgan fingerprint density at radius 1 is 1.18 bits per heavy atom. The number of benzene rings is 1.